The molecular weight excluding hydrogens is 429 g/mol. The molecule has 1 atom stereocenters. The first kappa shape index (κ1) is 21.0. The van der Waals surface area contributed by atoms with Crippen molar-refractivity contribution in [2.45, 2.75) is 45.2 Å². The van der Waals surface area contributed by atoms with Gasteiger partial charge in [0.25, 0.3) is 0 Å². The van der Waals surface area contributed by atoms with Gasteiger partial charge in [-0.15, -0.1) is 0 Å². The molecule has 0 amide bonds. The molecule has 160 valence electrons. The molecule has 1 aromatic carbocycles. The number of aromatic amines is 1. The van der Waals surface area contributed by atoms with Gasteiger partial charge in [0.15, 0.2) is 16.7 Å². The van der Waals surface area contributed by atoms with E-state index in [1.165, 1.54) is 0 Å². The van der Waals surface area contributed by atoms with Gasteiger partial charge in [0, 0.05) is 17.0 Å². The molecule has 0 bridgehead atoms. The van der Waals surface area contributed by atoms with Crippen molar-refractivity contribution >= 4 is 45.9 Å². The Balaban J connectivity index is 1.68. The number of nitrogens with zero attached hydrogens (tertiary/aromatic N) is 3. The predicted octanol–water partition coefficient (Wildman–Crippen LogP) is 4.64. The van der Waals surface area contributed by atoms with Crippen LogP contribution in [-0.4, -0.2) is 44.0 Å². The molecule has 3 heterocycles. The van der Waals surface area contributed by atoms with E-state index in [0.717, 1.165) is 16.5 Å². The third kappa shape index (κ3) is 3.75. The van der Waals surface area contributed by atoms with Gasteiger partial charge in [-0.2, -0.15) is 5.10 Å². The normalized spacial score (nSPS) is 17.0. The number of imidazole rings is 1. The van der Waals surface area contributed by atoms with Crippen molar-refractivity contribution in [1.82, 2.24) is 19.7 Å². The molecule has 8 nitrogen and oxygen atoms in total. The number of hydrogen-bond donors (Lipinski definition) is 3. The van der Waals surface area contributed by atoms with Gasteiger partial charge in [-0.3, -0.25) is 5.10 Å². The van der Waals surface area contributed by atoms with E-state index in [9.17, 15) is 9.90 Å². The van der Waals surface area contributed by atoms with Gasteiger partial charge in [0.1, 0.15) is 5.82 Å². The lowest BCUT2D eigenvalue weighted by Crippen LogP contribution is -2.19. The van der Waals surface area contributed by atoms with Crippen LogP contribution in [0.2, 0.25) is 10.2 Å². The first-order chi connectivity index (χ1) is 14.2. The van der Waals surface area contributed by atoms with E-state index in [2.05, 4.69) is 41.3 Å². The minimum atomic E-state index is -1.11. The molecule has 1 fully saturated rings. The van der Waals surface area contributed by atoms with Crippen molar-refractivity contribution in [3.8, 4) is 0 Å². The van der Waals surface area contributed by atoms with E-state index in [4.69, 9.17) is 27.9 Å². The van der Waals surface area contributed by atoms with E-state index >= 15 is 0 Å². The quantitative estimate of drug-likeness (QED) is 0.521. The van der Waals surface area contributed by atoms with Crippen LogP contribution >= 0.6 is 23.2 Å². The number of rotatable bonds is 5. The largest absolute Gasteiger partial charge is 0.476 e. The Morgan fingerprint density at radius 1 is 1.40 bits per heavy atom. The topological polar surface area (TPSA) is 105 Å². The molecule has 0 aliphatic carbocycles. The number of halogens is 2. The van der Waals surface area contributed by atoms with E-state index in [0.29, 0.717) is 36.3 Å². The van der Waals surface area contributed by atoms with Crippen LogP contribution in [0.3, 0.4) is 0 Å². The summed E-state index contributed by atoms with van der Waals surface area (Å²) < 4.78 is 7.10. The Labute approximate surface area is 183 Å². The summed E-state index contributed by atoms with van der Waals surface area (Å²) in [6.07, 6.45) is 0.707. The number of carboxylic acids is 1. The van der Waals surface area contributed by atoms with E-state index < -0.39 is 5.97 Å². The lowest BCUT2D eigenvalue weighted by atomic mass is 9.86. The van der Waals surface area contributed by atoms with Gasteiger partial charge >= 0.3 is 5.97 Å². The number of benzene rings is 1. The van der Waals surface area contributed by atoms with Crippen molar-refractivity contribution < 1.29 is 14.6 Å². The molecule has 30 heavy (non-hydrogen) atoms. The van der Waals surface area contributed by atoms with Crippen LogP contribution in [0.15, 0.2) is 12.1 Å². The van der Waals surface area contributed by atoms with Gasteiger partial charge < -0.3 is 19.7 Å². The van der Waals surface area contributed by atoms with Crippen LogP contribution in [0.4, 0.5) is 5.82 Å². The molecular formula is C20H23Cl2N5O3. The fraction of sp³-hybridized carbons (Fsp3) is 0.450. The van der Waals surface area contributed by atoms with Crippen LogP contribution < -0.4 is 5.32 Å². The van der Waals surface area contributed by atoms with Crippen LogP contribution in [0, 0.1) is 0 Å². The summed E-state index contributed by atoms with van der Waals surface area (Å²) in [5.41, 5.74) is 1.69. The van der Waals surface area contributed by atoms with Crippen molar-refractivity contribution in [2.75, 3.05) is 18.5 Å². The number of hydrogen-bond acceptors (Lipinski definition) is 5. The molecule has 3 aromatic rings. The summed E-state index contributed by atoms with van der Waals surface area (Å²) in [6, 6.07) is 3.78. The first-order valence-corrected chi connectivity index (χ1v) is 10.4. The number of carbonyl (C=O) groups is 1. The summed E-state index contributed by atoms with van der Waals surface area (Å²) in [7, 11) is 0. The SMILES string of the molecule is CC(C)(C)c1cc2c(NCc3nc(Cl)c(C(=O)O)n3C3CCOC3)n[nH]c2cc1Cl. The highest BCUT2D eigenvalue weighted by Crippen LogP contribution is 2.35. The number of carboxylic acid groups (broad SMARTS) is 1. The minimum Gasteiger partial charge on any atom is -0.476 e. The van der Waals surface area contributed by atoms with Crippen LogP contribution in [0.25, 0.3) is 10.9 Å². The Bertz CT molecular complexity index is 1110. The van der Waals surface area contributed by atoms with E-state index in [-0.39, 0.29) is 28.8 Å². The molecule has 3 N–H and O–H groups in total. The number of H-pyrrole nitrogens is 1. The summed E-state index contributed by atoms with van der Waals surface area (Å²) in [5, 5.41) is 21.8. The average Bonchev–Trinajstić information content (AvgIpc) is 3.36. The second-order valence-corrected chi connectivity index (χ2v) is 9.18. The summed E-state index contributed by atoms with van der Waals surface area (Å²) in [4.78, 5) is 16.0. The molecule has 1 aliphatic heterocycles. The smallest absolute Gasteiger partial charge is 0.355 e. The molecule has 1 aliphatic rings. The fourth-order valence-electron chi connectivity index (χ4n) is 3.79. The highest BCUT2D eigenvalue weighted by Gasteiger charge is 2.29. The minimum absolute atomic E-state index is 0.0161. The molecule has 2 aromatic heterocycles. The van der Waals surface area contributed by atoms with Crippen LogP contribution in [0.1, 0.15) is 55.1 Å². The predicted molar refractivity (Wildman–Crippen MR) is 116 cm³/mol. The number of nitrogens with one attached hydrogen (secondary N) is 2. The average molecular weight is 452 g/mol. The zero-order chi connectivity index (χ0) is 21.6. The van der Waals surface area contributed by atoms with Gasteiger partial charge in [-0.1, -0.05) is 44.0 Å². The maximum Gasteiger partial charge on any atom is 0.355 e. The lowest BCUT2D eigenvalue weighted by Gasteiger charge is -2.20. The second-order valence-electron chi connectivity index (χ2n) is 8.41. The van der Waals surface area contributed by atoms with E-state index in [1.807, 2.05) is 12.1 Å². The Kier molecular flexibility index (Phi) is 5.42. The number of aromatic nitrogens is 4. The number of ether oxygens (including phenoxy) is 1. The maximum atomic E-state index is 11.7. The van der Waals surface area contributed by atoms with Crippen LogP contribution in [0.5, 0.6) is 0 Å². The molecule has 0 saturated carbocycles. The summed E-state index contributed by atoms with van der Waals surface area (Å²) in [5.74, 6) is 0.0479. The summed E-state index contributed by atoms with van der Waals surface area (Å²) in [6.45, 7) is 7.57. The Morgan fingerprint density at radius 3 is 2.80 bits per heavy atom. The monoisotopic (exact) mass is 451 g/mol. The number of fused-ring (bicyclic) bond motifs is 1. The fourth-order valence-corrected chi connectivity index (χ4v) is 4.51. The number of aromatic carboxylic acids is 1. The van der Waals surface area contributed by atoms with Gasteiger partial charge in [-0.25, -0.2) is 9.78 Å². The van der Waals surface area contributed by atoms with Crippen molar-refractivity contribution in [3.63, 3.8) is 0 Å². The van der Waals surface area contributed by atoms with Crippen LogP contribution in [-0.2, 0) is 16.7 Å². The third-order valence-electron chi connectivity index (χ3n) is 5.29. The zero-order valence-corrected chi connectivity index (χ0v) is 18.4. The van der Waals surface area contributed by atoms with Crippen molar-refractivity contribution in [3.05, 3.63) is 39.4 Å². The Morgan fingerprint density at radius 2 is 2.17 bits per heavy atom. The molecule has 1 saturated heterocycles. The Hall–Kier alpha value is -2.29. The second kappa shape index (κ2) is 7.76. The molecule has 0 radical (unpaired) electrons. The maximum absolute atomic E-state index is 11.7. The molecule has 0 spiro atoms. The first-order valence-electron chi connectivity index (χ1n) is 9.66. The van der Waals surface area contributed by atoms with Gasteiger partial charge in [0.05, 0.1) is 24.7 Å². The van der Waals surface area contributed by atoms with E-state index in [1.54, 1.807) is 4.57 Å². The standard InChI is InChI=1S/C20H23Cl2N5O3/c1-20(2,3)12-6-11-14(7-13(12)21)25-26-18(11)23-8-15-24-17(22)16(19(28)29)27(15)10-4-5-30-9-10/h6-7,10H,4-5,8-9H2,1-3H3,(H,28,29)(H2,23,25,26). The zero-order valence-electron chi connectivity index (χ0n) is 16.9. The van der Waals surface area contributed by atoms with Crippen molar-refractivity contribution in [2.24, 2.45) is 0 Å². The van der Waals surface area contributed by atoms with Crippen molar-refractivity contribution in [1.29, 1.82) is 0 Å². The van der Waals surface area contributed by atoms with Gasteiger partial charge in [0.2, 0.25) is 0 Å². The molecule has 10 heteroatoms. The third-order valence-corrected chi connectivity index (χ3v) is 5.86. The van der Waals surface area contributed by atoms with Gasteiger partial charge in [-0.05, 0) is 29.5 Å². The number of anilines is 1. The highest BCUT2D eigenvalue weighted by molar-refractivity contribution is 6.32. The lowest BCUT2D eigenvalue weighted by molar-refractivity contribution is 0.0681. The molecule has 1 unspecified atom stereocenters. The summed E-state index contributed by atoms with van der Waals surface area (Å²) >= 11 is 12.6. The highest BCUT2D eigenvalue weighted by atomic mass is 35.5. The molecule has 4 rings (SSSR count).